The molecule has 3 nitrogen and oxygen atoms in total. The van der Waals surface area contributed by atoms with Crippen molar-refractivity contribution in [1.29, 1.82) is 0 Å². The van der Waals surface area contributed by atoms with Crippen LogP contribution >= 0.6 is 0 Å². The van der Waals surface area contributed by atoms with E-state index in [-0.39, 0.29) is 20.1 Å². The van der Waals surface area contributed by atoms with Crippen molar-refractivity contribution in [3.8, 4) is 22.5 Å². The van der Waals surface area contributed by atoms with E-state index in [9.17, 15) is 0 Å². The van der Waals surface area contributed by atoms with Crippen LogP contribution in [-0.4, -0.2) is 18.0 Å². The fraction of sp³-hybridized carbons (Fsp3) is 0.0968. The summed E-state index contributed by atoms with van der Waals surface area (Å²) in [4.78, 5) is 8.70. The molecule has 5 heteroatoms. The molecule has 0 atom stereocenters. The van der Waals surface area contributed by atoms with E-state index in [0.29, 0.717) is 0 Å². The standard InChI is InChI=1S/C20H18NOSi.C11H8N.Ir/c1-23(2,3)18-12-11-14(16-9-6-7-13-21-16)20-19(18)15-8-4-5-10-17(15)22-20;1-2-6-10(7-3-1)11-8-4-5-9-12-11;/h4-10,12-13H,1-3H3;1-6,8-9H;/q2*-1;. The number of rotatable bonds is 3. The smallest absolute Gasteiger partial charge is 0.120 e. The summed E-state index contributed by atoms with van der Waals surface area (Å²) in [7, 11) is -1.51. The van der Waals surface area contributed by atoms with Crippen LogP contribution in [0.5, 0.6) is 0 Å². The Morgan fingerprint density at radius 3 is 2.03 bits per heavy atom. The monoisotopic (exact) mass is 663 g/mol. The SMILES string of the molecule is C[Si](C)(C)c1c[c-]c(-c2ccccn2)c2oc3ccccc3c12.[Ir].[c-]1ccccc1-c1ccccn1. The van der Waals surface area contributed by atoms with Gasteiger partial charge in [-0.2, -0.15) is 0 Å². The molecule has 0 aliphatic rings. The van der Waals surface area contributed by atoms with Gasteiger partial charge in [-0.05, 0) is 29.6 Å². The minimum absolute atomic E-state index is 0. The number of fused-ring (bicyclic) bond motifs is 3. The van der Waals surface area contributed by atoms with Crippen LogP contribution < -0.4 is 5.19 Å². The van der Waals surface area contributed by atoms with Gasteiger partial charge in [0.05, 0.1) is 5.58 Å². The number of nitrogens with zero attached hydrogens (tertiary/aromatic N) is 2. The van der Waals surface area contributed by atoms with E-state index in [2.05, 4.69) is 59.9 Å². The van der Waals surface area contributed by atoms with E-state index in [1.165, 1.54) is 16.0 Å². The summed E-state index contributed by atoms with van der Waals surface area (Å²) < 4.78 is 6.22. The topological polar surface area (TPSA) is 38.9 Å². The Labute approximate surface area is 226 Å². The van der Waals surface area contributed by atoms with Crippen LogP contribution in [0.15, 0.2) is 108 Å². The predicted octanol–water partition coefficient (Wildman–Crippen LogP) is 7.54. The summed E-state index contributed by atoms with van der Waals surface area (Å²) >= 11 is 0. The van der Waals surface area contributed by atoms with Gasteiger partial charge in [0.15, 0.2) is 0 Å². The molecular formula is C31H26IrN2OSi-2. The maximum atomic E-state index is 6.22. The molecule has 0 unspecified atom stereocenters. The second-order valence-corrected chi connectivity index (χ2v) is 14.4. The van der Waals surface area contributed by atoms with Crippen molar-refractivity contribution in [3.05, 3.63) is 116 Å². The molecular weight excluding hydrogens is 637 g/mol. The van der Waals surface area contributed by atoms with E-state index in [4.69, 9.17) is 4.42 Å². The molecule has 0 amide bonds. The first kappa shape index (κ1) is 25.7. The van der Waals surface area contributed by atoms with E-state index >= 15 is 0 Å². The van der Waals surface area contributed by atoms with Crippen molar-refractivity contribution in [2.75, 3.05) is 0 Å². The Kier molecular flexibility index (Phi) is 7.95. The molecule has 3 heterocycles. The van der Waals surface area contributed by atoms with Crippen LogP contribution in [0.3, 0.4) is 0 Å². The number of pyridine rings is 2. The van der Waals surface area contributed by atoms with Crippen molar-refractivity contribution >= 4 is 35.2 Å². The zero-order chi connectivity index (χ0) is 24.3. The molecule has 0 bridgehead atoms. The number of hydrogen-bond acceptors (Lipinski definition) is 3. The third-order valence-electron chi connectivity index (χ3n) is 5.83. The number of furan rings is 1. The second-order valence-electron chi connectivity index (χ2n) is 9.34. The number of benzene rings is 3. The van der Waals surface area contributed by atoms with Gasteiger partial charge >= 0.3 is 0 Å². The molecule has 0 spiro atoms. The Bertz CT molecular complexity index is 1520. The van der Waals surface area contributed by atoms with Gasteiger partial charge in [0, 0.05) is 46.0 Å². The Hall–Kier alpha value is -3.37. The van der Waals surface area contributed by atoms with Crippen molar-refractivity contribution in [3.63, 3.8) is 0 Å². The molecule has 1 radical (unpaired) electrons. The first-order chi connectivity index (χ1) is 17.0. The fourth-order valence-electron chi connectivity index (χ4n) is 4.14. The van der Waals surface area contributed by atoms with E-state index in [1.54, 1.807) is 6.20 Å². The van der Waals surface area contributed by atoms with Crippen LogP contribution in [0.25, 0.3) is 44.5 Å². The van der Waals surface area contributed by atoms with Gasteiger partial charge in [-0.25, -0.2) is 0 Å². The normalized spacial score (nSPS) is 11.0. The molecule has 0 saturated heterocycles. The van der Waals surface area contributed by atoms with Crippen molar-refractivity contribution in [2.45, 2.75) is 19.6 Å². The maximum absolute atomic E-state index is 6.22. The van der Waals surface area contributed by atoms with Crippen molar-refractivity contribution in [2.24, 2.45) is 0 Å². The second kappa shape index (κ2) is 11.1. The molecule has 181 valence electrons. The summed E-state index contributed by atoms with van der Waals surface area (Å²) in [5, 5.41) is 3.81. The quantitative estimate of drug-likeness (QED) is 0.145. The summed E-state index contributed by atoms with van der Waals surface area (Å²) in [5.41, 5.74) is 5.69. The molecule has 3 aromatic heterocycles. The van der Waals surface area contributed by atoms with Crippen LogP contribution in [0.4, 0.5) is 0 Å². The molecule has 0 saturated carbocycles. The first-order valence-electron chi connectivity index (χ1n) is 11.7. The van der Waals surface area contributed by atoms with Crippen LogP contribution in [0.2, 0.25) is 19.6 Å². The zero-order valence-electron chi connectivity index (χ0n) is 20.5. The van der Waals surface area contributed by atoms with Crippen LogP contribution in [0.1, 0.15) is 0 Å². The predicted molar refractivity (Wildman–Crippen MR) is 147 cm³/mol. The molecule has 6 aromatic rings. The van der Waals surface area contributed by atoms with E-state index < -0.39 is 8.07 Å². The summed E-state index contributed by atoms with van der Waals surface area (Å²) in [6, 6.07) is 36.6. The third-order valence-corrected chi connectivity index (χ3v) is 7.84. The number of aromatic nitrogens is 2. The summed E-state index contributed by atoms with van der Waals surface area (Å²) in [6.07, 6.45) is 3.60. The molecule has 36 heavy (non-hydrogen) atoms. The Balaban J connectivity index is 0.000000198. The van der Waals surface area contributed by atoms with Gasteiger partial charge in [-0.15, -0.1) is 53.2 Å². The Morgan fingerprint density at radius 2 is 1.39 bits per heavy atom. The van der Waals surface area contributed by atoms with Gasteiger partial charge in [0.1, 0.15) is 5.58 Å². The number of para-hydroxylation sites is 1. The van der Waals surface area contributed by atoms with Crippen molar-refractivity contribution < 1.29 is 24.5 Å². The fourth-order valence-corrected chi connectivity index (χ4v) is 5.64. The maximum Gasteiger partial charge on any atom is 0.120 e. The average molecular weight is 663 g/mol. The van der Waals surface area contributed by atoms with Crippen LogP contribution in [-0.2, 0) is 20.1 Å². The van der Waals surface area contributed by atoms with Gasteiger partial charge in [-0.3, -0.25) is 0 Å². The molecule has 6 rings (SSSR count). The molecule has 3 aromatic carbocycles. The Morgan fingerprint density at radius 1 is 0.722 bits per heavy atom. The minimum atomic E-state index is -1.51. The summed E-state index contributed by atoms with van der Waals surface area (Å²) in [6.45, 7) is 7.08. The van der Waals surface area contributed by atoms with Gasteiger partial charge in [0.2, 0.25) is 0 Å². The third kappa shape index (κ3) is 5.39. The largest absolute Gasteiger partial charge is 0.501 e. The average Bonchev–Trinajstić information content (AvgIpc) is 3.29. The van der Waals surface area contributed by atoms with Gasteiger partial charge in [0.25, 0.3) is 0 Å². The first-order valence-corrected chi connectivity index (χ1v) is 15.2. The summed E-state index contributed by atoms with van der Waals surface area (Å²) in [5.74, 6) is 0. The molecule has 0 aliphatic carbocycles. The zero-order valence-corrected chi connectivity index (χ0v) is 23.8. The minimum Gasteiger partial charge on any atom is -0.501 e. The van der Waals surface area contributed by atoms with E-state index in [1.807, 2.05) is 79.0 Å². The van der Waals surface area contributed by atoms with Gasteiger partial charge in [-0.1, -0.05) is 73.1 Å². The number of hydrogen-bond donors (Lipinski definition) is 0. The molecule has 0 fully saturated rings. The van der Waals surface area contributed by atoms with E-state index in [0.717, 1.165) is 33.7 Å². The van der Waals surface area contributed by atoms with Crippen molar-refractivity contribution in [1.82, 2.24) is 9.97 Å². The van der Waals surface area contributed by atoms with Crippen LogP contribution in [0, 0.1) is 12.1 Å². The molecule has 0 aliphatic heterocycles. The molecule has 0 N–H and O–H groups in total. The van der Waals surface area contributed by atoms with Gasteiger partial charge < -0.3 is 14.4 Å².